The van der Waals surface area contributed by atoms with Gasteiger partial charge in [0.2, 0.25) is 5.91 Å². The number of carbonyl (C=O) groups is 1. The predicted molar refractivity (Wildman–Crippen MR) is 61.3 cm³/mol. The Hall–Kier alpha value is -2.18. The van der Waals surface area contributed by atoms with E-state index in [1.54, 1.807) is 6.33 Å². The fraction of sp³-hybridized carbons (Fsp3) is 0.400. The van der Waals surface area contributed by atoms with Crippen LogP contribution < -0.4 is 10.6 Å². The molecule has 1 amide bonds. The van der Waals surface area contributed by atoms with E-state index < -0.39 is 0 Å². The van der Waals surface area contributed by atoms with E-state index in [0.717, 1.165) is 17.8 Å². The number of aromatic nitrogens is 4. The smallest absolute Gasteiger partial charge is 0.220 e. The number of aromatic amines is 1. The van der Waals surface area contributed by atoms with Gasteiger partial charge in [-0.2, -0.15) is 0 Å². The average Bonchev–Trinajstić information content (AvgIpc) is 2.81. The van der Waals surface area contributed by atoms with Crippen LogP contribution in [0, 0.1) is 0 Å². The molecule has 1 aliphatic heterocycles. The molecule has 1 atom stereocenters. The molecule has 1 saturated heterocycles. The van der Waals surface area contributed by atoms with Crippen LogP contribution in [-0.4, -0.2) is 38.4 Å². The molecule has 2 aromatic rings. The highest BCUT2D eigenvalue weighted by molar-refractivity contribution is 5.82. The molecule has 3 N–H and O–H groups in total. The first kappa shape index (κ1) is 10.0. The Morgan fingerprint density at radius 2 is 2.29 bits per heavy atom. The van der Waals surface area contributed by atoms with Crippen LogP contribution in [0.1, 0.15) is 12.8 Å². The number of nitrogens with zero attached hydrogens (tertiary/aromatic N) is 3. The third kappa shape index (κ3) is 1.91. The molecule has 2 aromatic heterocycles. The van der Waals surface area contributed by atoms with Gasteiger partial charge in [0.1, 0.15) is 11.8 Å². The minimum atomic E-state index is 0.109. The van der Waals surface area contributed by atoms with E-state index in [4.69, 9.17) is 0 Å². The van der Waals surface area contributed by atoms with Gasteiger partial charge >= 0.3 is 0 Å². The zero-order chi connectivity index (χ0) is 11.7. The summed E-state index contributed by atoms with van der Waals surface area (Å²) in [7, 11) is 0. The quantitative estimate of drug-likeness (QED) is 0.679. The molecule has 7 heteroatoms. The van der Waals surface area contributed by atoms with E-state index in [-0.39, 0.29) is 11.9 Å². The van der Waals surface area contributed by atoms with Crippen LogP contribution in [-0.2, 0) is 4.79 Å². The molecule has 88 valence electrons. The number of anilines is 1. The highest BCUT2D eigenvalue weighted by atomic mass is 16.1. The summed E-state index contributed by atoms with van der Waals surface area (Å²) in [5.74, 6) is 0.839. The number of fused-ring (bicyclic) bond motifs is 1. The number of amides is 1. The Balaban J connectivity index is 1.80. The lowest BCUT2D eigenvalue weighted by atomic mass is 10.1. The van der Waals surface area contributed by atoms with E-state index in [0.29, 0.717) is 18.6 Å². The fourth-order valence-corrected chi connectivity index (χ4v) is 1.92. The first-order chi connectivity index (χ1) is 8.33. The lowest BCUT2D eigenvalue weighted by Crippen LogP contribution is -2.42. The van der Waals surface area contributed by atoms with Crippen molar-refractivity contribution in [3.8, 4) is 0 Å². The summed E-state index contributed by atoms with van der Waals surface area (Å²) >= 11 is 0. The van der Waals surface area contributed by atoms with Gasteiger partial charge in [-0.15, -0.1) is 0 Å². The number of hydrogen-bond donors (Lipinski definition) is 3. The van der Waals surface area contributed by atoms with Crippen molar-refractivity contribution in [3.05, 3.63) is 12.7 Å². The molecular weight excluding hydrogens is 220 g/mol. The predicted octanol–water partition coefficient (Wildman–Crippen LogP) is 0.0434. The molecule has 0 aliphatic carbocycles. The van der Waals surface area contributed by atoms with Gasteiger partial charge in [-0.1, -0.05) is 0 Å². The molecule has 1 unspecified atom stereocenters. The van der Waals surface area contributed by atoms with Crippen molar-refractivity contribution in [2.45, 2.75) is 18.9 Å². The van der Waals surface area contributed by atoms with Crippen LogP contribution in [0.5, 0.6) is 0 Å². The molecule has 7 nitrogen and oxygen atoms in total. The maximum Gasteiger partial charge on any atom is 0.220 e. The number of piperidine rings is 1. The van der Waals surface area contributed by atoms with Gasteiger partial charge in [-0.25, -0.2) is 15.0 Å². The van der Waals surface area contributed by atoms with E-state index in [1.807, 2.05) is 0 Å². The Labute approximate surface area is 97.1 Å². The minimum absolute atomic E-state index is 0.109. The summed E-state index contributed by atoms with van der Waals surface area (Å²) in [6.07, 6.45) is 4.43. The van der Waals surface area contributed by atoms with Gasteiger partial charge in [-0.3, -0.25) is 4.79 Å². The van der Waals surface area contributed by atoms with Gasteiger partial charge in [-0.05, 0) is 6.42 Å². The summed E-state index contributed by atoms with van der Waals surface area (Å²) < 4.78 is 0. The van der Waals surface area contributed by atoms with E-state index in [9.17, 15) is 4.79 Å². The molecule has 0 saturated carbocycles. The van der Waals surface area contributed by atoms with Gasteiger partial charge in [0.15, 0.2) is 11.5 Å². The lowest BCUT2D eigenvalue weighted by molar-refractivity contribution is -0.122. The highest BCUT2D eigenvalue weighted by Gasteiger charge is 2.19. The standard InChI is InChI=1S/C10H12N6O/c17-7-2-1-6(3-11-7)16-10-8-9(13-4-12-8)14-5-15-10/h4-6H,1-3H2,(H,11,17)(H2,12,13,14,15,16). The van der Waals surface area contributed by atoms with Crippen LogP contribution in [0.3, 0.4) is 0 Å². The maximum absolute atomic E-state index is 11.1. The zero-order valence-corrected chi connectivity index (χ0v) is 9.10. The molecule has 0 radical (unpaired) electrons. The van der Waals surface area contributed by atoms with Crippen molar-refractivity contribution in [3.63, 3.8) is 0 Å². The second-order valence-electron chi connectivity index (χ2n) is 4.01. The zero-order valence-electron chi connectivity index (χ0n) is 9.10. The van der Waals surface area contributed by atoms with Crippen LogP contribution in [0.25, 0.3) is 11.2 Å². The van der Waals surface area contributed by atoms with Gasteiger partial charge in [0.05, 0.1) is 6.33 Å². The average molecular weight is 232 g/mol. The Morgan fingerprint density at radius 1 is 1.35 bits per heavy atom. The molecule has 3 rings (SSSR count). The van der Waals surface area contributed by atoms with Crippen LogP contribution in [0.15, 0.2) is 12.7 Å². The van der Waals surface area contributed by atoms with Gasteiger partial charge in [0, 0.05) is 19.0 Å². The largest absolute Gasteiger partial charge is 0.364 e. The summed E-state index contributed by atoms with van der Waals surface area (Å²) in [6.45, 7) is 0.623. The number of hydrogen-bond acceptors (Lipinski definition) is 5. The third-order valence-corrected chi connectivity index (χ3v) is 2.83. The van der Waals surface area contributed by atoms with Crippen molar-refractivity contribution >= 4 is 22.9 Å². The Bertz CT molecular complexity index is 540. The normalized spacial score (nSPS) is 20.2. The summed E-state index contributed by atoms with van der Waals surface area (Å²) in [5.41, 5.74) is 1.44. The topological polar surface area (TPSA) is 95.6 Å². The minimum Gasteiger partial charge on any atom is -0.364 e. The first-order valence-electron chi connectivity index (χ1n) is 5.50. The Kier molecular flexibility index (Phi) is 2.36. The van der Waals surface area contributed by atoms with Crippen LogP contribution in [0.4, 0.5) is 5.82 Å². The van der Waals surface area contributed by atoms with E-state index in [2.05, 4.69) is 30.6 Å². The monoisotopic (exact) mass is 232 g/mol. The van der Waals surface area contributed by atoms with Crippen molar-refractivity contribution in [2.24, 2.45) is 0 Å². The van der Waals surface area contributed by atoms with Crippen molar-refractivity contribution in [1.82, 2.24) is 25.3 Å². The number of rotatable bonds is 2. The Morgan fingerprint density at radius 3 is 3.12 bits per heavy atom. The summed E-state index contributed by atoms with van der Waals surface area (Å²) in [5, 5.41) is 6.12. The summed E-state index contributed by atoms with van der Waals surface area (Å²) in [6, 6.07) is 0.203. The second kappa shape index (κ2) is 4.00. The molecular formula is C10H12N6O. The lowest BCUT2D eigenvalue weighted by Gasteiger charge is -2.23. The molecule has 0 bridgehead atoms. The highest BCUT2D eigenvalue weighted by Crippen LogP contribution is 2.17. The SMILES string of the molecule is O=C1CCC(Nc2ncnc3nc[nH]c23)CN1. The van der Waals surface area contributed by atoms with E-state index in [1.165, 1.54) is 6.33 Å². The van der Waals surface area contributed by atoms with Crippen molar-refractivity contribution in [1.29, 1.82) is 0 Å². The molecule has 0 aromatic carbocycles. The number of H-pyrrole nitrogens is 1. The molecule has 3 heterocycles. The number of imidazole rings is 1. The maximum atomic E-state index is 11.1. The molecule has 17 heavy (non-hydrogen) atoms. The van der Waals surface area contributed by atoms with Crippen LogP contribution >= 0.6 is 0 Å². The van der Waals surface area contributed by atoms with Gasteiger partial charge < -0.3 is 15.6 Å². The van der Waals surface area contributed by atoms with E-state index >= 15 is 0 Å². The molecule has 1 aliphatic rings. The first-order valence-corrected chi connectivity index (χ1v) is 5.50. The molecule has 0 spiro atoms. The second-order valence-corrected chi connectivity index (χ2v) is 4.01. The van der Waals surface area contributed by atoms with Crippen molar-refractivity contribution < 1.29 is 4.79 Å². The summed E-state index contributed by atoms with van der Waals surface area (Å²) in [4.78, 5) is 26.3. The number of nitrogens with one attached hydrogen (secondary N) is 3. The van der Waals surface area contributed by atoms with Crippen LogP contribution in [0.2, 0.25) is 0 Å². The van der Waals surface area contributed by atoms with Gasteiger partial charge in [0.25, 0.3) is 0 Å². The molecule has 1 fully saturated rings. The number of carbonyl (C=O) groups excluding carboxylic acids is 1. The van der Waals surface area contributed by atoms with Crippen molar-refractivity contribution in [2.75, 3.05) is 11.9 Å². The fourth-order valence-electron chi connectivity index (χ4n) is 1.92. The third-order valence-electron chi connectivity index (χ3n) is 2.83.